The molecule has 0 aromatic carbocycles. The van der Waals surface area contributed by atoms with Gasteiger partial charge in [0, 0.05) is 19.4 Å². The highest BCUT2D eigenvalue weighted by Crippen LogP contribution is 2.18. The van der Waals surface area contributed by atoms with Crippen LogP contribution in [0.15, 0.2) is 36.7 Å². The van der Waals surface area contributed by atoms with Gasteiger partial charge in [-0.15, -0.1) is 0 Å². The lowest BCUT2D eigenvalue weighted by molar-refractivity contribution is 0.0935. The van der Waals surface area contributed by atoms with Gasteiger partial charge in [0.05, 0.1) is 11.1 Å². The summed E-state index contributed by atoms with van der Waals surface area (Å²) in [7, 11) is 1.73. The lowest BCUT2D eigenvalue weighted by Crippen LogP contribution is -2.27. The number of carbonyl (C=O) groups is 1. The van der Waals surface area contributed by atoms with Gasteiger partial charge in [-0.2, -0.15) is 0 Å². The van der Waals surface area contributed by atoms with Crippen molar-refractivity contribution in [1.82, 2.24) is 15.3 Å². The van der Waals surface area contributed by atoms with Crippen LogP contribution in [0.2, 0.25) is 5.02 Å². The Morgan fingerprint density at radius 3 is 2.60 bits per heavy atom. The number of aromatic nitrogens is 2. The van der Waals surface area contributed by atoms with Crippen LogP contribution in [0.1, 0.15) is 29.0 Å². The van der Waals surface area contributed by atoms with E-state index in [2.05, 4.69) is 20.6 Å². The predicted octanol–water partition coefficient (Wildman–Crippen LogP) is 2.66. The van der Waals surface area contributed by atoms with Crippen LogP contribution in [-0.4, -0.2) is 22.9 Å². The third-order valence-corrected chi connectivity index (χ3v) is 3.18. The average molecular weight is 291 g/mol. The van der Waals surface area contributed by atoms with Crippen LogP contribution in [-0.2, 0) is 0 Å². The van der Waals surface area contributed by atoms with E-state index in [0.717, 1.165) is 5.56 Å². The fraction of sp³-hybridized carbons (Fsp3) is 0.214. The van der Waals surface area contributed by atoms with Crippen molar-refractivity contribution in [2.45, 2.75) is 13.0 Å². The number of hydrogen-bond donors (Lipinski definition) is 2. The monoisotopic (exact) mass is 290 g/mol. The summed E-state index contributed by atoms with van der Waals surface area (Å²) < 4.78 is 0. The van der Waals surface area contributed by atoms with Crippen molar-refractivity contribution < 1.29 is 4.79 Å². The van der Waals surface area contributed by atoms with Crippen LogP contribution in [0, 0.1) is 0 Å². The van der Waals surface area contributed by atoms with Crippen LogP contribution < -0.4 is 10.6 Å². The van der Waals surface area contributed by atoms with Gasteiger partial charge in [0.25, 0.3) is 5.91 Å². The second-order valence-electron chi connectivity index (χ2n) is 4.25. The van der Waals surface area contributed by atoms with Crippen LogP contribution in [0.3, 0.4) is 0 Å². The molecule has 0 aliphatic carbocycles. The van der Waals surface area contributed by atoms with Crippen LogP contribution >= 0.6 is 11.6 Å². The largest absolute Gasteiger partial charge is 0.373 e. The Hall–Kier alpha value is -2.14. The molecule has 1 atom stereocenters. The average Bonchev–Trinajstić information content (AvgIpc) is 2.48. The Balaban J connectivity index is 2.16. The molecule has 104 valence electrons. The lowest BCUT2D eigenvalue weighted by atomic mass is 10.1. The zero-order valence-electron chi connectivity index (χ0n) is 11.2. The Labute approximate surface area is 122 Å². The normalized spacial score (nSPS) is 11.8. The van der Waals surface area contributed by atoms with E-state index in [9.17, 15) is 4.79 Å². The molecule has 2 rings (SSSR count). The molecule has 2 N–H and O–H groups in total. The number of rotatable bonds is 4. The summed E-state index contributed by atoms with van der Waals surface area (Å²) in [6, 6.07) is 6.91. The highest BCUT2D eigenvalue weighted by atomic mass is 35.5. The van der Waals surface area contributed by atoms with Gasteiger partial charge in [-0.25, -0.2) is 4.98 Å². The van der Waals surface area contributed by atoms with Gasteiger partial charge in [-0.1, -0.05) is 11.6 Å². The minimum Gasteiger partial charge on any atom is -0.373 e. The molecule has 0 aliphatic rings. The van der Waals surface area contributed by atoms with Gasteiger partial charge in [0.2, 0.25) is 0 Å². The van der Waals surface area contributed by atoms with E-state index >= 15 is 0 Å². The second-order valence-corrected chi connectivity index (χ2v) is 4.66. The number of nitrogens with zero attached hydrogens (tertiary/aromatic N) is 2. The van der Waals surface area contributed by atoms with Gasteiger partial charge in [-0.05, 0) is 36.8 Å². The van der Waals surface area contributed by atoms with Crippen molar-refractivity contribution in [3.8, 4) is 0 Å². The molecule has 2 aromatic rings. The van der Waals surface area contributed by atoms with Crippen LogP contribution in [0.4, 0.5) is 5.82 Å². The molecule has 1 unspecified atom stereocenters. The van der Waals surface area contributed by atoms with Crippen molar-refractivity contribution in [3.63, 3.8) is 0 Å². The summed E-state index contributed by atoms with van der Waals surface area (Å²) >= 11 is 6.02. The maximum Gasteiger partial charge on any atom is 0.271 e. The minimum atomic E-state index is -0.309. The molecule has 0 bridgehead atoms. The van der Waals surface area contributed by atoms with Gasteiger partial charge in [0.1, 0.15) is 11.5 Å². The first kappa shape index (κ1) is 14.3. The summed E-state index contributed by atoms with van der Waals surface area (Å²) in [5.41, 5.74) is 1.17. The summed E-state index contributed by atoms with van der Waals surface area (Å²) in [6.45, 7) is 1.89. The zero-order chi connectivity index (χ0) is 14.5. The summed E-state index contributed by atoms with van der Waals surface area (Å²) in [5.74, 6) is 0.285. The molecule has 0 fully saturated rings. The van der Waals surface area contributed by atoms with Crippen molar-refractivity contribution in [2.24, 2.45) is 0 Å². The Kier molecular flexibility index (Phi) is 4.53. The molecule has 5 nitrogen and oxygen atoms in total. The van der Waals surface area contributed by atoms with E-state index in [1.807, 2.05) is 19.1 Å². The van der Waals surface area contributed by atoms with Crippen molar-refractivity contribution in [1.29, 1.82) is 0 Å². The van der Waals surface area contributed by atoms with E-state index in [4.69, 9.17) is 11.6 Å². The number of pyridine rings is 2. The van der Waals surface area contributed by atoms with Crippen LogP contribution in [0.25, 0.3) is 0 Å². The Morgan fingerprint density at radius 2 is 1.95 bits per heavy atom. The summed E-state index contributed by atoms with van der Waals surface area (Å²) in [4.78, 5) is 20.3. The van der Waals surface area contributed by atoms with Crippen molar-refractivity contribution >= 4 is 23.3 Å². The molecule has 0 spiro atoms. The SMILES string of the molecule is CNc1ccc(Cl)c(C(=O)NC(C)c2ccncc2)n1. The van der Waals surface area contributed by atoms with Crippen LogP contribution in [0.5, 0.6) is 0 Å². The van der Waals surface area contributed by atoms with Gasteiger partial charge in [-0.3, -0.25) is 9.78 Å². The quantitative estimate of drug-likeness (QED) is 0.908. The maximum absolute atomic E-state index is 12.2. The topological polar surface area (TPSA) is 66.9 Å². The predicted molar refractivity (Wildman–Crippen MR) is 78.9 cm³/mol. The van der Waals surface area contributed by atoms with Gasteiger partial charge in [0.15, 0.2) is 0 Å². The molecule has 2 aromatic heterocycles. The van der Waals surface area contributed by atoms with E-state index in [1.54, 1.807) is 31.6 Å². The zero-order valence-corrected chi connectivity index (χ0v) is 12.0. The maximum atomic E-state index is 12.2. The molecular weight excluding hydrogens is 276 g/mol. The fourth-order valence-electron chi connectivity index (χ4n) is 1.74. The van der Waals surface area contributed by atoms with Gasteiger partial charge < -0.3 is 10.6 Å². The third kappa shape index (κ3) is 3.24. The number of halogens is 1. The number of amides is 1. The third-order valence-electron chi connectivity index (χ3n) is 2.87. The van der Waals surface area contributed by atoms with E-state index in [1.165, 1.54) is 0 Å². The molecule has 2 heterocycles. The minimum absolute atomic E-state index is 0.151. The van der Waals surface area contributed by atoms with E-state index in [0.29, 0.717) is 10.8 Å². The number of hydrogen-bond acceptors (Lipinski definition) is 4. The molecule has 1 amide bonds. The first-order valence-electron chi connectivity index (χ1n) is 6.17. The number of anilines is 1. The highest BCUT2D eigenvalue weighted by molar-refractivity contribution is 6.33. The summed E-state index contributed by atoms with van der Waals surface area (Å²) in [5, 5.41) is 6.06. The summed E-state index contributed by atoms with van der Waals surface area (Å²) in [6.07, 6.45) is 3.37. The molecule has 0 saturated carbocycles. The van der Waals surface area contributed by atoms with Gasteiger partial charge >= 0.3 is 0 Å². The smallest absolute Gasteiger partial charge is 0.271 e. The van der Waals surface area contributed by atoms with Crippen molar-refractivity contribution in [2.75, 3.05) is 12.4 Å². The Bertz CT molecular complexity index is 603. The first-order valence-corrected chi connectivity index (χ1v) is 6.54. The highest BCUT2D eigenvalue weighted by Gasteiger charge is 2.16. The number of nitrogens with one attached hydrogen (secondary N) is 2. The molecule has 6 heteroatoms. The molecule has 0 radical (unpaired) electrons. The molecule has 0 saturated heterocycles. The van der Waals surface area contributed by atoms with E-state index in [-0.39, 0.29) is 17.6 Å². The molecular formula is C14H15ClN4O. The lowest BCUT2D eigenvalue weighted by Gasteiger charge is -2.14. The molecule has 20 heavy (non-hydrogen) atoms. The fourth-order valence-corrected chi connectivity index (χ4v) is 1.93. The van der Waals surface area contributed by atoms with E-state index < -0.39 is 0 Å². The Morgan fingerprint density at radius 1 is 1.25 bits per heavy atom. The molecule has 0 aliphatic heterocycles. The second kappa shape index (κ2) is 6.34. The standard InChI is InChI=1S/C14H15ClN4O/c1-9(10-5-7-17-8-6-10)18-14(20)13-11(15)3-4-12(16-2)19-13/h3-9H,1-2H3,(H,16,19)(H,18,20). The van der Waals surface area contributed by atoms with Crippen molar-refractivity contribution in [3.05, 3.63) is 52.9 Å². The number of carbonyl (C=O) groups excluding carboxylic acids is 1. The first-order chi connectivity index (χ1) is 9.61.